The van der Waals surface area contributed by atoms with Crippen LogP contribution in [0.25, 0.3) is 0 Å². The molecule has 162 valence electrons. The minimum absolute atomic E-state index is 0.117. The van der Waals surface area contributed by atoms with Gasteiger partial charge < -0.3 is 14.9 Å². The number of carbonyl (C=O) groups excluding carboxylic acids is 1. The molecule has 2 heterocycles. The minimum atomic E-state index is -0.899. The Hall–Kier alpha value is -1.69. The first-order valence-electron chi connectivity index (χ1n) is 9.52. The molecule has 10 heteroatoms. The highest BCUT2D eigenvalue weighted by atomic mass is 127. The number of piperazine rings is 1. The molecule has 0 spiro atoms. The molecule has 0 saturated carbocycles. The molecule has 2 unspecified atom stereocenters. The summed E-state index contributed by atoms with van der Waals surface area (Å²) in [5.41, 5.74) is 0.683. The fraction of sp³-hybridized carbons (Fsp3) is 0.684. The van der Waals surface area contributed by atoms with Crippen molar-refractivity contribution in [3.63, 3.8) is 0 Å². The van der Waals surface area contributed by atoms with E-state index >= 15 is 0 Å². The van der Waals surface area contributed by atoms with Crippen LogP contribution in [0.5, 0.6) is 0 Å². The number of hydrogen-bond acceptors (Lipinski definition) is 6. The smallest absolute Gasteiger partial charge is 0.407 e. The van der Waals surface area contributed by atoms with E-state index in [1.54, 1.807) is 7.05 Å². The van der Waals surface area contributed by atoms with Gasteiger partial charge in [0.1, 0.15) is 15.8 Å². The first kappa shape index (κ1) is 23.6. The number of hydrogen-bond donors (Lipinski definition) is 1. The number of anilines is 1. The zero-order valence-electron chi connectivity index (χ0n) is 17.8. The summed E-state index contributed by atoms with van der Waals surface area (Å²) in [6.45, 7) is 9.58. The normalized spacial score (nSPS) is 18.5. The van der Waals surface area contributed by atoms with Crippen molar-refractivity contribution in [2.75, 3.05) is 38.7 Å². The van der Waals surface area contributed by atoms with Gasteiger partial charge in [-0.15, -0.1) is 0 Å². The van der Waals surface area contributed by atoms with E-state index in [0.29, 0.717) is 19.6 Å². The predicted molar refractivity (Wildman–Crippen MR) is 118 cm³/mol. The maximum atomic E-state index is 12.3. The van der Waals surface area contributed by atoms with Crippen LogP contribution in [0.2, 0.25) is 0 Å². The second-order valence-corrected chi connectivity index (χ2v) is 9.41. The molecule has 0 bridgehead atoms. The monoisotopic (exact) mass is 519 g/mol. The summed E-state index contributed by atoms with van der Waals surface area (Å²) in [6.07, 6.45) is 0.883. The first-order valence-corrected chi connectivity index (χ1v) is 10.6. The van der Waals surface area contributed by atoms with Gasteiger partial charge in [0.05, 0.1) is 13.2 Å². The Balaban J connectivity index is 2.34. The van der Waals surface area contributed by atoms with Crippen molar-refractivity contribution in [1.29, 1.82) is 0 Å². The third-order valence-corrected chi connectivity index (χ3v) is 6.20. The van der Waals surface area contributed by atoms with Crippen LogP contribution in [0.3, 0.4) is 0 Å². The summed E-state index contributed by atoms with van der Waals surface area (Å²) in [6, 6.07) is -0.175. The fourth-order valence-electron chi connectivity index (χ4n) is 3.58. The largest absolute Gasteiger partial charge is 0.465 e. The standard InChI is InChI=1S/C19H30IN5O4/c1-12(9-14(26)23(5)29-6)15-16(20)21-11-22-17(15)24-7-8-25(18(27)28)13(10-24)19(2,3)4/h11-13H,7-10H2,1-6H3,(H,27,28). The zero-order chi connectivity index (χ0) is 21.9. The van der Waals surface area contributed by atoms with Gasteiger partial charge in [0.15, 0.2) is 0 Å². The van der Waals surface area contributed by atoms with Crippen LogP contribution >= 0.6 is 22.6 Å². The van der Waals surface area contributed by atoms with Crippen LogP contribution in [0.15, 0.2) is 6.33 Å². The summed E-state index contributed by atoms with van der Waals surface area (Å²) in [5.74, 6) is 0.520. The Morgan fingerprint density at radius 1 is 1.38 bits per heavy atom. The highest BCUT2D eigenvalue weighted by Crippen LogP contribution is 2.35. The maximum absolute atomic E-state index is 12.3. The topological polar surface area (TPSA) is 99.1 Å². The lowest BCUT2D eigenvalue weighted by molar-refractivity contribution is -0.169. The van der Waals surface area contributed by atoms with Gasteiger partial charge in [0.2, 0.25) is 5.91 Å². The fourth-order valence-corrected chi connectivity index (χ4v) is 4.48. The highest BCUT2D eigenvalue weighted by molar-refractivity contribution is 14.1. The molecular formula is C19H30IN5O4. The van der Waals surface area contributed by atoms with E-state index in [9.17, 15) is 14.7 Å². The molecular weight excluding hydrogens is 489 g/mol. The summed E-state index contributed by atoms with van der Waals surface area (Å²) in [7, 11) is 3.04. The maximum Gasteiger partial charge on any atom is 0.407 e. The van der Waals surface area contributed by atoms with Crippen LogP contribution in [0.1, 0.15) is 45.6 Å². The lowest BCUT2D eigenvalue weighted by atomic mass is 9.84. The van der Waals surface area contributed by atoms with Gasteiger partial charge in [-0.05, 0) is 33.9 Å². The molecule has 2 atom stereocenters. The van der Waals surface area contributed by atoms with Gasteiger partial charge in [-0.2, -0.15) is 0 Å². The highest BCUT2D eigenvalue weighted by Gasteiger charge is 2.39. The summed E-state index contributed by atoms with van der Waals surface area (Å²) < 4.78 is 0.793. The van der Waals surface area contributed by atoms with E-state index in [4.69, 9.17) is 4.84 Å². The van der Waals surface area contributed by atoms with Gasteiger partial charge in [0, 0.05) is 38.7 Å². The Morgan fingerprint density at radius 2 is 2.03 bits per heavy atom. The molecule has 1 aromatic heterocycles. The SMILES string of the molecule is CON(C)C(=O)CC(C)c1c(I)ncnc1N1CCN(C(=O)O)C(C(C)(C)C)C1. The van der Waals surface area contributed by atoms with Gasteiger partial charge in [0.25, 0.3) is 0 Å². The van der Waals surface area contributed by atoms with E-state index in [1.165, 1.54) is 23.4 Å². The zero-order valence-corrected chi connectivity index (χ0v) is 20.0. The average molecular weight is 519 g/mol. The van der Waals surface area contributed by atoms with Crippen LogP contribution in [-0.2, 0) is 9.63 Å². The van der Waals surface area contributed by atoms with Crippen LogP contribution < -0.4 is 4.90 Å². The van der Waals surface area contributed by atoms with Crippen molar-refractivity contribution in [1.82, 2.24) is 19.9 Å². The molecule has 0 radical (unpaired) electrons. The van der Waals surface area contributed by atoms with Crippen molar-refractivity contribution < 1.29 is 19.5 Å². The van der Waals surface area contributed by atoms with E-state index < -0.39 is 6.09 Å². The van der Waals surface area contributed by atoms with Gasteiger partial charge >= 0.3 is 6.09 Å². The third kappa shape index (κ3) is 5.47. The molecule has 1 aliphatic rings. The lowest BCUT2D eigenvalue weighted by Crippen LogP contribution is -2.59. The third-order valence-electron chi connectivity index (χ3n) is 5.34. The molecule has 9 nitrogen and oxygen atoms in total. The molecule has 1 aromatic rings. The van der Waals surface area contributed by atoms with Crippen molar-refractivity contribution >= 4 is 40.4 Å². The Bertz CT molecular complexity index is 755. The molecule has 29 heavy (non-hydrogen) atoms. The van der Waals surface area contributed by atoms with Crippen molar-refractivity contribution in [2.45, 2.75) is 46.1 Å². The molecule has 2 rings (SSSR count). The van der Waals surface area contributed by atoms with Crippen molar-refractivity contribution in [3.05, 3.63) is 15.6 Å². The summed E-state index contributed by atoms with van der Waals surface area (Å²) in [5, 5.41) is 10.8. The van der Waals surface area contributed by atoms with Gasteiger partial charge in [-0.25, -0.2) is 19.8 Å². The lowest BCUT2D eigenvalue weighted by Gasteiger charge is -2.46. The number of hydroxylamine groups is 2. The number of rotatable bonds is 5. The van der Waals surface area contributed by atoms with Crippen LogP contribution in [0, 0.1) is 9.12 Å². The Labute approximate surface area is 185 Å². The van der Waals surface area contributed by atoms with Crippen molar-refractivity contribution in [3.8, 4) is 0 Å². The summed E-state index contributed by atoms with van der Waals surface area (Å²) in [4.78, 5) is 41.5. The molecule has 0 aliphatic carbocycles. The molecule has 1 aliphatic heterocycles. The van der Waals surface area contributed by atoms with Gasteiger partial charge in [-0.3, -0.25) is 9.63 Å². The van der Waals surface area contributed by atoms with E-state index in [2.05, 4.69) is 37.5 Å². The first-order chi connectivity index (χ1) is 13.5. The Morgan fingerprint density at radius 3 is 2.59 bits per heavy atom. The number of carbonyl (C=O) groups is 2. The number of carboxylic acid groups (broad SMARTS) is 1. The molecule has 1 saturated heterocycles. The number of nitrogens with zero attached hydrogens (tertiary/aromatic N) is 5. The molecule has 2 amide bonds. The Kier molecular flexibility index (Phi) is 7.66. The van der Waals surface area contributed by atoms with E-state index in [-0.39, 0.29) is 29.7 Å². The van der Waals surface area contributed by atoms with Crippen LogP contribution in [-0.4, -0.2) is 76.9 Å². The number of halogens is 1. The second-order valence-electron chi connectivity index (χ2n) is 8.38. The molecule has 1 fully saturated rings. The second kappa shape index (κ2) is 9.41. The number of amides is 2. The predicted octanol–water partition coefficient (Wildman–Crippen LogP) is 2.81. The van der Waals surface area contributed by atoms with Crippen LogP contribution in [0.4, 0.5) is 10.6 Å². The van der Waals surface area contributed by atoms with Gasteiger partial charge in [-0.1, -0.05) is 27.7 Å². The molecule has 1 N–H and O–H groups in total. The van der Waals surface area contributed by atoms with Crippen molar-refractivity contribution in [2.24, 2.45) is 5.41 Å². The quantitative estimate of drug-likeness (QED) is 0.363. The van der Waals surface area contributed by atoms with E-state index in [1.807, 2.05) is 27.7 Å². The summed E-state index contributed by atoms with van der Waals surface area (Å²) >= 11 is 2.17. The number of aromatic nitrogens is 2. The van der Waals surface area contributed by atoms with E-state index in [0.717, 1.165) is 15.1 Å². The average Bonchev–Trinajstić information content (AvgIpc) is 2.65. The minimum Gasteiger partial charge on any atom is -0.465 e. The molecule has 0 aromatic carbocycles.